The molecule has 0 bridgehead atoms. The highest BCUT2D eigenvalue weighted by atomic mass is 16.5. The van der Waals surface area contributed by atoms with Crippen LogP contribution in [-0.4, -0.2) is 24.9 Å². The summed E-state index contributed by atoms with van der Waals surface area (Å²) in [5, 5.41) is 8.99. The number of benzene rings is 1. The van der Waals surface area contributed by atoms with Gasteiger partial charge in [-0.3, -0.25) is 0 Å². The molecule has 0 radical (unpaired) electrons. The lowest BCUT2D eigenvalue weighted by molar-refractivity contribution is 0.174. The fourth-order valence-corrected chi connectivity index (χ4v) is 2.61. The summed E-state index contributed by atoms with van der Waals surface area (Å²) in [7, 11) is 1.71. The minimum Gasteiger partial charge on any atom is -0.496 e. The van der Waals surface area contributed by atoms with Gasteiger partial charge < -0.3 is 14.6 Å². The second-order valence-corrected chi connectivity index (χ2v) is 4.67. The smallest absolute Gasteiger partial charge is 0.126 e. The van der Waals surface area contributed by atoms with Gasteiger partial charge in [0.15, 0.2) is 0 Å². The molecule has 3 heteroatoms. The summed E-state index contributed by atoms with van der Waals surface area (Å²) < 4.78 is 11.4. The maximum absolute atomic E-state index is 8.99. The molecule has 1 heterocycles. The number of aliphatic hydroxyl groups is 1. The molecule has 94 valence electrons. The lowest BCUT2D eigenvalue weighted by Crippen LogP contribution is -2.14. The highest BCUT2D eigenvalue weighted by molar-refractivity contribution is 5.59. The fraction of sp³-hybridized carbons (Fsp3) is 0.571. The van der Waals surface area contributed by atoms with Crippen LogP contribution in [0.3, 0.4) is 0 Å². The normalized spacial score (nSPS) is 17.8. The average molecular weight is 236 g/mol. The lowest BCUT2D eigenvalue weighted by Gasteiger charge is -2.15. The van der Waals surface area contributed by atoms with E-state index in [0.717, 1.165) is 29.0 Å². The SMILES string of the molecule is COc1c(C)c(C)c2c(c1C)C[C@@H](CCO)O2. The number of hydrogen-bond acceptors (Lipinski definition) is 3. The van der Waals surface area contributed by atoms with Crippen molar-refractivity contribution in [2.24, 2.45) is 0 Å². The molecule has 1 aliphatic heterocycles. The van der Waals surface area contributed by atoms with E-state index < -0.39 is 0 Å². The Morgan fingerprint density at radius 3 is 2.53 bits per heavy atom. The maximum atomic E-state index is 8.99. The number of fused-ring (bicyclic) bond motifs is 1. The van der Waals surface area contributed by atoms with Gasteiger partial charge in [0.05, 0.1) is 7.11 Å². The standard InChI is InChI=1S/C14H20O3/c1-8-9(2)14-12(10(3)13(8)16-4)7-11(17-14)5-6-15/h11,15H,5-7H2,1-4H3/t11-/m1/s1. The van der Waals surface area contributed by atoms with Crippen molar-refractivity contribution in [2.45, 2.75) is 39.7 Å². The zero-order chi connectivity index (χ0) is 12.6. The summed E-state index contributed by atoms with van der Waals surface area (Å²) in [6.45, 7) is 6.38. The minimum atomic E-state index is 0.110. The van der Waals surface area contributed by atoms with Crippen LogP contribution >= 0.6 is 0 Å². The summed E-state index contributed by atoms with van der Waals surface area (Å²) in [4.78, 5) is 0. The van der Waals surface area contributed by atoms with Gasteiger partial charge in [-0.25, -0.2) is 0 Å². The van der Waals surface area contributed by atoms with Gasteiger partial charge in [0.25, 0.3) is 0 Å². The number of methoxy groups -OCH3 is 1. The van der Waals surface area contributed by atoms with Crippen LogP contribution in [0.25, 0.3) is 0 Å². The minimum absolute atomic E-state index is 0.110. The number of hydrogen-bond donors (Lipinski definition) is 1. The molecule has 1 aromatic carbocycles. The molecule has 3 nitrogen and oxygen atoms in total. The quantitative estimate of drug-likeness (QED) is 0.875. The number of rotatable bonds is 3. The largest absolute Gasteiger partial charge is 0.496 e. The van der Waals surface area contributed by atoms with E-state index in [2.05, 4.69) is 20.8 Å². The van der Waals surface area contributed by atoms with Crippen LogP contribution in [0.5, 0.6) is 11.5 Å². The van der Waals surface area contributed by atoms with Crippen LogP contribution in [-0.2, 0) is 6.42 Å². The molecule has 0 aromatic heterocycles. The fourth-order valence-electron chi connectivity index (χ4n) is 2.61. The Bertz CT molecular complexity index is 438. The third-order valence-corrected chi connectivity index (χ3v) is 3.68. The molecule has 0 amide bonds. The second-order valence-electron chi connectivity index (χ2n) is 4.67. The van der Waals surface area contributed by atoms with Crippen LogP contribution in [0, 0.1) is 20.8 Å². The van der Waals surface area contributed by atoms with Crippen LogP contribution in [0.15, 0.2) is 0 Å². The lowest BCUT2D eigenvalue weighted by atomic mass is 9.95. The van der Waals surface area contributed by atoms with Gasteiger partial charge in [0.2, 0.25) is 0 Å². The van der Waals surface area contributed by atoms with Crippen LogP contribution in [0.4, 0.5) is 0 Å². The number of ether oxygens (including phenoxy) is 2. The average Bonchev–Trinajstić information content (AvgIpc) is 2.72. The van der Waals surface area contributed by atoms with E-state index in [-0.39, 0.29) is 12.7 Å². The van der Waals surface area contributed by atoms with E-state index >= 15 is 0 Å². The van der Waals surface area contributed by atoms with E-state index in [9.17, 15) is 0 Å². The molecule has 0 fully saturated rings. The van der Waals surface area contributed by atoms with E-state index in [0.29, 0.717) is 6.42 Å². The van der Waals surface area contributed by atoms with Crippen molar-refractivity contribution < 1.29 is 14.6 Å². The first-order chi connectivity index (χ1) is 8.10. The molecule has 17 heavy (non-hydrogen) atoms. The van der Waals surface area contributed by atoms with E-state index in [1.54, 1.807) is 7.11 Å². The molecular formula is C14H20O3. The van der Waals surface area contributed by atoms with Crippen LogP contribution in [0.2, 0.25) is 0 Å². The topological polar surface area (TPSA) is 38.7 Å². The molecule has 1 atom stereocenters. The Hall–Kier alpha value is -1.22. The van der Waals surface area contributed by atoms with Crippen molar-refractivity contribution >= 4 is 0 Å². The molecule has 1 aromatic rings. The molecule has 0 saturated heterocycles. The summed E-state index contributed by atoms with van der Waals surface area (Å²) in [5.74, 6) is 1.97. The van der Waals surface area contributed by atoms with Gasteiger partial charge in [-0.15, -0.1) is 0 Å². The van der Waals surface area contributed by atoms with Crippen molar-refractivity contribution in [2.75, 3.05) is 13.7 Å². The molecule has 0 spiro atoms. The van der Waals surface area contributed by atoms with Gasteiger partial charge in [-0.2, -0.15) is 0 Å². The first kappa shape index (κ1) is 12.2. The van der Waals surface area contributed by atoms with Crippen LogP contribution in [0.1, 0.15) is 28.7 Å². The van der Waals surface area contributed by atoms with E-state index in [1.165, 1.54) is 11.1 Å². The van der Waals surface area contributed by atoms with Crippen molar-refractivity contribution in [1.82, 2.24) is 0 Å². The summed E-state index contributed by atoms with van der Waals surface area (Å²) in [6.07, 6.45) is 1.67. The molecular weight excluding hydrogens is 216 g/mol. The van der Waals surface area contributed by atoms with Gasteiger partial charge in [-0.1, -0.05) is 0 Å². The monoisotopic (exact) mass is 236 g/mol. The Kier molecular flexibility index (Phi) is 3.29. The molecule has 1 N–H and O–H groups in total. The van der Waals surface area contributed by atoms with Gasteiger partial charge in [-0.05, 0) is 37.5 Å². The third-order valence-electron chi connectivity index (χ3n) is 3.68. The summed E-state index contributed by atoms with van der Waals surface area (Å²) in [5.41, 5.74) is 4.71. The predicted molar refractivity (Wildman–Crippen MR) is 67.0 cm³/mol. The second kappa shape index (κ2) is 4.57. The molecule has 0 saturated carbocycles. The highest BCUT2D eigenvalue weighted by Crippen LogP contribution is 2.42. The van der Waals surface area contributed by atoms with Crippen molar-refractivity contribution in [3.05, 3.63) is 22.3 Å². The van der Waals surface area contributed by atoms with Gasteiger partial charge >= 0.3 is 0 Å². The predicted octanol–water partition coefficient (Wildman–Crippen LogP) is 2.31. The molecule has 1 aliphatic rings. The van der Waals surface area contributed by atoms with Crippen molar-refractivity contribution in [1.29, 1.82) is 0 Å². The Morgan fingerprint density at radius 2 is 1.94 bits per heavy atom. The first-order valence-electron chi connectivity index (χ1n) is 6.04. The highest BCUT2D eigenvalue weighted by Gasteiger charge is 2.28. The third kappa shape index (κ3) is 1.89. The van der Waals surface area contributed by atoms with Crippen molar-refractivity contribution in [3.8, 4) is 11.5 Å². The molecule has 0 unspecified atom stereocenters. The summed E-state index contributed by atoms with van der Waals surface area (Å²) >= 11 is 0. The van der Waals surface area contributed by atoms with E-state index in [1.807, 2.05) is 0 Å². The number of aliphatic hydroxyl groups excluding tert-OH is 1. The van der Waals surface area contributed by atoms with Crippen LogP contribution < -0.4 is 9.47 Å². The Labute approximate surface area is 102 Å². The zero-order valence-electron chi connectivity index (χ0n) is 11.0. The van der Waals surface area contributed by atoms with Gasteiger partial charge in [0, 0.05) is 25.0 Å². The molecule has 2 rings (SSSR count). The maximum Gasteiger partial charge on any atom is 0.126 e. The van der Waals surface area contributed by atoms with E-state index in [4.69, 9.17) is 14.6 Å². The van der Waals surface area contributed by atoms with Crippen molar-refractivity contribution in [3.63, 3.8) is 0 Å². The van der Waals surface area contributed by atoms with Gasteiger partial charge in [0.1, 0.15) is 17.6 Å². The Balaban J connectivity index is 2.47. The zero-order valence-corrected chi connectivity index (χ0v) is 11.0. The first-order valence-corrected chi connectivity index (χ1v) is 6.04. The molecule has 0 aliphatic carbocycles. The Morgan fingerprint density at radius 1 is 1.24 bits per heavy atom. The summed E-state index contributed by atoms with van der Waals surface area (Å²) in [6, 6.07) is 0.